The van der Waals surface area contributed by atoms with E-state index in [1.807, 2.05) is 0 Å². The topological polar surface area (TPSA) is 39.3 Å². The predicted molar refractivity (Wildman–Crippen MR) is 43.4 cm³/mol. The summed E-state index contributed by atoms with van der Waals surface area (Å²) in [4.78, 5) is 0. The molecule has 0 bridgehead atoms. The Bertz CT molecular complexity index is 149. The molecule has 3 N–H and O–H groups in total. The van der Waals surface area contributed by atoms with E-state index in [1.165, 1.54) is 6.42 Å². The Labute approximate surface area is 67.3 Å². The van der Waals surface area contributed by atoms with Gasteiger partial charge in [0.2, 0.25) is 0 Å². The Balaban J connectivity index is 2.03. The molecular formula is C7H16N4. The molecule has 4 nitrogen and oxygen atoms in total. The number of hydrogen-bond donors (Lipinski definition) is 3. The summed E-state index contributed by atoms with van der Waals surface area (Å²) >= 11 is 0. The summed E-state index contributed by atoms with van der Waals surface area (Å²) in [6.45, 7) is 5.44. The van der Waals surface area contributed by atoms with Crippen LogP contribution in [0.15, 0.2) is 0 Å². The van der Waals surface area contributed by atoms with Gasteiger partial charge in [-0.1, -0.05) is 0 Å². The molecule has 4 heteroatoms. The lowest BCUT2D eigenvalue weighted by Gasteiger charge is -2.34. The molecule has 0 spiro atoms. The lowest BCUT2D eigenvalue weighted by molar-refractivity contribution is 0.0645. The number of rotatable bonds is 0. The lowest BCUT2D eigenvalue weighted by atomic mass is 10.2. The molecule has 2 rings (SSSR count). The standard InChI is InChI=1S/C7H16N4/c1-5-9-7-3-4-8-6(2)11(7)10-5/h5-10H,3-4H2,1-2H3. The van der Waals surface area contributed by atoms with Crippen LogP contribution >= 0.6 is 0 Å². The van der Waals surface area contributed by atoms with Crippen molar-refractivity contribution in [2.75, 3.05) is 6.54 Å². The number of nitrogens with zero attached hydrogens (tertiary/aromatic N) is 1. The third-order valence-electron chi connectivity index (χ3n) is 2.40. The fourth-order valence-corrected chi connectivity index (χ4v) is 1.85. The summed E-state index contributed by atoms with van der Waals surface area (Å²) in [6.07, 6.45) is 2.58. The largest absolute Gasteiger partial charge is 0.301 e. The van der Waals surface area contributed by atoms with Crippen LogP contribution in [0, 0.1) is 0 Å². The van der Waals surface area contributed by atoms with Crippen molar-refractivity contribution in [2.45, 2.75) is 38.8 Å². The van der Waals surface area contributed by atoms with Gasteiger partial charge < -0.3 is 5.32 Å². The molecule has 0 aromatic carbocycles. The van der Waals surface area contributed by atoms with Crippen molar-refractivity contribution in [3.63, 3.8) is 0 Å². The van der Waals surface area contributed by atoms with Gasteiger partial charge in [-0.25, -0.2) is 10.4 Å². The van der Waals surface area contributed by atoms with E-state index in [9.17, 15) is 0 Å². The molecule has 2 aliphatic rings. The average molecular weight is 156 g/mol. The molecule has 0 aliphatic carbocycles. The van der Waals surface area contributed by atoms with Crippen LogP contribution in [0.5, 0.6) is 0 Å². The fraction of sp³-hybridized carbons (Fsp3) is 1.00. The molecular weight excluding hydrogens is 140 g/mol. The highest BCUT2D eigenvalue weighted by atomic mass is 15.7. The van der Waals surface area contributed by atoms with Gasteiger partial charge >= 0.3 is 0 Å². The van der Waals surface area contributed by atoms with E-state index >= 15 is 0 Å². The van der Waals surface area contributed by atoms with E-state index in [0.717, 1.165) is 6.54 Å². The zero-order valence-corrected chi connectivity index (χ0v) is 7.09. The predicted octanol–water partition coefficient (Wildman–Crippen LogP) is -0.592. The van der Waals surface area contributed by atoms with Crippen molar-refractivity contribution in [1.82, 2.24) is 21.1 Å². The average Bonchev–Trinajstić information content (AvgIpc) is 2.31. The molecule has 0 aromatic rings. The van der Waals surface area contributed by atoms with E-state index in [2.05, 4.69) is 34.9 Å². The van der Waals surface area contributed by atoms with Crippen LogP contribution < -0.4 is 16.1 Å². The van der Waals surface area contributed by atoms with Crippen molar-refractivity contribution in [1.29, 1.82) is 0 Å². The quantitative estimate of drug-likeness (QED) is 0.438. The van der Waals surface area contributed by atoms with E-state index in [-0.39, 0.29) is 0 Å². The Morgan fingerprint density at radius 2 is 2.18 bits per heavy atom. The highest BCUT2D eigenvalue weighted by Crippen LogP contribution is 2.12. The normalized spacial score (nSPS) is 45.8. The van der Waals surface area contributed by atoms with Crippen LogP contribution in [0.1, 0.15) is 20.3 Å². The third kappa shape index (κ3) is 1.27. The second kappa shape index (κ2) is 2.71. The van der Waals surface area contributed by atoms with Gasteiger partial charge in [0.25, 0.3) is 0 Å². The molecule has 3 unspecified atom stereocenters. The molecule has 0 radical (unpaired) electrons. The summed E-state index contributed by atoms with van der Waals surface area (Å²) in [5.41, 5.74) is 3.37. The minimum absolute atomic E-state index is 0.419. The minimum atomic E-state index is 0.419. The molecule has 64 valence electrons. The van der Waals surface area contributed by atoms with Gasteiger partial charge in [0.05, 0.1) is 18.5 Å². The van der Waals surface area contributed by atoms with E-state index in [4.69, 9.17) is 0 Å². The van der Waals surface area contributed by atoms with Gasteiger partial charge in [0, 0.05) is 0 Å². The summed E-state index contributed by atoms with van der Waals surface area (Å²) in [5, 5.41) is 9.12. The van der Waals surface area contributed by atoms with Gasteiger partial charge in [-0.2, -0.15) is 0 Å². The number of hydrogen-bond acceptors (Lipinski definition) is 4. The number of nitrogens with one attached hydrogen (secondary N) is 3. The summed E-state index contributed by atoms with van der Waals surface area (Å²) in [5.74, 6) is 0. The zero-order valence-electron chi connectivity index (χ0n) is 7.09. The maximum atomic E-state index is 3.46. The van der Waals surface area contributed by atoms with Gasteiger partial charge in [-0.3, -0.25) is 5.32 Å². The van der Waals surface area contributed by atoms with E-state index in [0.29, 0.717) is 18.5 Å². The van der Waals surface area contributed by atoms with Crippen molar-refractivity contribution in [3.8, 4) is 0 Å². The van der Waals surface area contributed by atoms with Crippen LogP contribution in [0.4, 0.5) is 0 Å². The van der Waals surface area contributed by atoms with Gasteiger partial charge in [-0.05, 0) is 26.8 Å². The molecule has 2 fully saturated rings. The Kier molecular flexibility index (Phi) is 1.85. The number of hydrazine groups is 1. The van der Waals surface area contributed by atoms with E-state index in [1.54, 1.807) is 0 Å². The van der Waals surface area contributed by atoms with Crippen LogP contribution in [0.3, 0.4) is 0 Å². The molecule has 2 aliphatic heterocycles. The lowest BCUT2D eigenvalue weighted by Crippen LogP contribution is -2.57. The molecule has 0 aromatic heterocycles. The van der Waals surface area contributed by atoms with Crippen LogP contribution in [0.25, 0.3) is 0 Å². The Morgan fingerprint density at radius 3 is 2.91 bits per heavy atom. The van der Waals surface area contributed by atoms with Gasteiger partial charge in [0.15, 0.2) is 0 Å². The molecule has 3 atom stereocenters. The monoisotopic (exact) mass is 156 g/mol. The Hall–Kier alpha value is -0.160. The first-order chi connectivity index (χ1) is 5.27. The maximum absolute atomic E-state index is 3.46. The fourth-order valence-electron chi connectivity index (χ4n) is 1.85. The van der Waals surface area contributed by atoms with Crippen molar-refractivity contribution in [2.24, 2.45) is 0 Å². The van der Waals surface area contributed by atoms with Gasteiger partial charge in [-0.15, -0.1) is 0 Å². The Morgan fingerprint density at radius 1 is 1.36 bits per heavy atom. The van der Waals surface area contributed by atoms with Crippen molar-refractivity contribution in [3.05, 3.63) is 0 Å². The summed E-state index contributed by atoms with van der Waals surface area (Å²) in [6, 6.07) is 0. The molecule has 2 saturated heterocycles. The van der Waals surface area contributed by atoms with Crippen LogP contribution in [-0.4, -0.2) is 30.1 Å². The van der Waals surface area contributed by atoms with Crippen molar-refractivity contribution >= 4 is 0 Å². The maximum Gasteiger partial charge on any atom is 0.0775 e. The minimum Gasteiger partial charge on any atom is -0.301 e. The summed E-state index contributed by atoms with van der Waals surface area (Å²) in [7, 11) is 0. The second-order valence-corrected chi connectivity index (χ2v) is 3.36. The number of fused-ring (bicyclic) bond motifs is 1. The molecule has 11 heavy (non-hydrogen) atoms. The SMILES string of the molecule is CC1NC2CCNC(C)N2N1. The molecule has 0 saturated carbocycles. The first-order valence-electron chi connectivity index (χ1n) is 4.31. The smallest absolute Gasteiger partial charge is 0.0775 e. The highest BCUT2D eigenvalue weighted by Gasteiger charge is 2.33. The molecule has 2 heterocycles. The van der Waals surface area contributed by atoms with Crippen LogP contribution in [-0.2, 0) is 0 Å². The summed E-state index contributed by atoms with van der Waals surface area (Å²) < 4.78 is 0. The van der Waals surface area contributed by atoms with Crippen LogP contribution in [0.2, 0.25) is 0 Å². The highest BCUT2D eigenvalue weighted by molar-refractivity contribution is 4.84. The first kappa shape index (κ1) is 7.49. The third-order valence-corrected chi connectivity index (χ3v) is 2.40. The first-order valence-corrected chi connectivity index (χ1v) is 4.31. The zero-order chi connectivity index (χ0) is 7.84. The van der Waals surface area contributed by atoms with E-state index < -0.39 is 0 Å². The van der Waals surface area contributed by atoms with Gasteiger partial charge in [0.1, 0.15) is 0 Å². The second-order valence-electron chi connectivity index (χ2n) is 3.36. The van der Waals surface area contributed by atoms with Crippen molar-refractivity contribution < 1.29 is 0 Å². The molecule has 0 amide bonds.